The van der Waals surface area contributed by atoms with Crippen LogP contribution >= 0.6 is 0 Å². The van der Waals surface area contributed by atoms with E-state index >= 15 is 0 Å². The Labute approximate surface area is 166 Å². The second kappa shape index (κ2) is 8.64. The lowest BCUT2D eigenvalue weighted by Crippen LogP contribution is -2.43. The van der Waals surface area contributed by atoms with Crippen molar-refractivity contribution in [2.45, 2.75) is 38.9 Å². The summed E-state index contributed by atoms with van der Waals surface area (Å²) in [6.07, 6.45) is -2.92. The predicted molar refractivity (Wildman–Crippen MR) is 100 cm³/mol. The molecule has 0 aromatic carbocycles. The van der Waals surface area contributed by atoms with Crippen molar-refractivity contribution in [2.24, 2.45) is 17.4 Å². The van der Waals surface area contributed by atoms with E-state index < -0.39 is 29.1 Å². The van der Waals surface area contributed by atoms with Crippen molar-refractivity contribution in [2.75, 3.05) is 6.61 Å². The minimum Gasteiger partial charge on any atom is -0.489 e. The second-order valence-electron chi connectivity index (χ2n) is 7.41. The number of carbonyl (C=O) groups is 1. The number of nitrogens with two attached hydrogens (primary N) is 2. The van der Waals surface area contributed by atoms with Gasteiger partial charge >= 0.3 is 12.3 Å². The molecule has 1 amide bonds. The maximum atomic E-state index is 13.6. The fourth-order valence-electron chi connectivity index (χ4n) is 2.90. The van der Waals surface area contributed by atoms with Gasteiger partial charge in [-0.1, -0.05) is 13.8 Å². The second-order valence-corrected chi connectivity index (χ2v) is 7.41. The Hall–Kier alpha value is -2.88. The predicted octanol–water partition coefficient (Wildman–Crippen LogP) is 3.76. The summed E-state index contributed by atoms with van der Waals surface area (Å²) in [6.45, 7) is 5.56. The van der Waals surface area contributed by atoms with Gasteiger partial charge in [0.15, 0.2) is 0 Å². The normalized spacial score (nSPS) is 13.8. The van der Waals surface area contributed by atoms with E-state index in [1.807, 2.05) is 13.8 Å². The van der Waals surface area contributed by atoms with Crippen LogP contribution in [0.25, 0.3) is 11.3 Å². The van der Waals surface area contributed by atoms with E-state index in [0.29, 0.717) is 6.42 Å². The van der Waals surface area contributed by atoms with Crippen LogP contribution in [0.5, 0.6) is 11.6 Å². The summed E-state index contributed by atoms with van der Waals surface area (Å²) in [4.78, 5) is 18.6. The molecule has 2 aromatic heterocycles. The third-order valence-electron chi connectivity index (χ3n) is 3.84. The van der Waals surface area contributed by atoms with Gasteiger partial charge in [-0.3, -0.25) is 4.98 Å². The first kappa shape index (κ1) is 22.4. The zero-order valence-electron chi connectivity index (χ0n) is 16.3. The quantitative estimate of drug-likeness (QED) is 0.716. The molecule has 2 rings (SSSR count). The van der Waals surface area contributed by atoms with Crippen molar-refractivity contribution in [1.82, 2.24) is 9.97 Å². The molecular weight excluding hydrogens is 389 g/mol. The number of carbonyl (C=O) groups excluding carboxylic acids is 1. The topological polar surface area (TPSA) is 113 Å². The largest absolute Gasteiger partial charge is 0.489 e. The lowest BCUT2D eigenvalue weighted by atomic mass is 9.93. The van der Waals surface area contributed by atoms with Gasteiger partial charge in [-0.15, -0.1) is 0 Å². The number of rotatable bonds is 7. The molecule has 10 heteroatoms. The van der Waals surface area contributed by atoms with E-state index in [1.165, 1.54) is 18.3 Å². The van der Waals surface area contributed by atoms with Gasteiger partial charge in [-0.25, -0.2) is 9.78 Å². The number of amides is 1. The molecule has 0 fully saturated rings. The number of aromatic nitrogens is 2. The van der Waals surface area contributed by atoms with E-state index in [2.05, 4.69) is 14.7 Å². The fraction of sp³-hybridized carbons (Fsp3) is 0.421. The van der Waals surface area contributed by atoms with Gasteiger partial charge in [0, 0.05) is 23.4 Å². The molecule has 29 heavy (non-hydrogen) atoms. The maximum absolute atomic E-state index is 13.6. The number of halogens is 3. The van der Waals surface area contributed by atoms with Crippen molar-refractivity contribution in [3.05, 3.63) is 36.2 Å². The summed E-state index contributed by atoms with van der Waals surface area (Å²) in [6, 6.07) is 3.54. The molecule has 0 bridgehead atoms. The number of hydrogen-bond donors (Lipinski definition) is 2. The highest BCUT2D eigenvalue weighted by Crippen LogP contribution is 2.38. The first-order valence-electron chi connectivity index (χ1n) is 8.80. The van der Waals surface area contributed by atoms with E-state index in [-0.39, 0.29) is 29.7 Å². The highest BCUT2D eigenvalue weighted by molar-refractivity contribution is 5.69. The van der Waals surface area contributed by atoms with Crippen molar-refractivity contribution >= 4 is 6.09 Å². The maximum Gasteiger partial charge on any atom is 0.420 e. The van der Waals surface area contributed by atoms with E-state index in [4.69, 9.17) is 16.2 Å². The Bertz CT molecular complexity index is 870. The van der Waals surface area contributed by atoms with Crippen LogP contribution in [0.4, 0.5) is 18.0 Å². The number of primary amides is 1. The standard InChI is InChI=1S/C19H23F3N4O3/c1-11(2)8-18(3,24)10-28-15-9-26-14(7-13(15)19(20,21)22)12-4-5-25-16(6-12)29-17(23)27/h4-7,9,11H,8,10,24H2,1-3H3,(H2,23,27). The highest BCUT2D eigenvalue weighted by atomic mass is 19.4. The number of hydrogen-bond acceptors (Lipinski definition) is 6. The number of alkyl halides is 3. The van der Waals surface area contributed by atoms with Crippen molar-refractivity contribution in [3.8, 4) is 22.9 Å². The van der Waals surface area contributed by atoms with Crippen LogP contribution in [-0.2, 0) is 6.18 Å². The van der Waals surface area contributed by atoms with Crippen molar-refractivity contribution in [3.63, 3.8) is 0 Å². The molecule has 1 atom stereocenters. The highest BCUT2D eigenvalue weighted by Gasteiger charge is 2.36. The first-order chi connectivity index (χ1) is 13.4. The molecule has 0 radical (unpaired) electrons. The van der Waals surface area contributed by atoms with Crippen LogP contribution < -0.4 is 20.9 Å². The Morgan fingerprint density at radius 3 is 2.52 bits per heavy atom. The molecule has 0 saturated carbocycles. The van der Waals surface area contributed by atoms with Crippen LogP contribution in [0.3, 0.4) is 0 Å². The molecule has 0 aliphatic rings. The minimum atomic E-state index is -4.67. The molecule has 0 saturated heterocycles. The summed E-state index contributed by atoms with van der Waals surface area (Å²) >= 11 is 0. The molecule has 2 heterocycles. The average molecular weight is 412 g/mol. The molecule has 4 N–H and O–H groups in total. The molecule has 158 valence electrons. The van der Waals surface area contributed by atoms with Gasteiger partial charge in [0.25, 0.3) is 0 Å². The molecule has 0 aliphatic heterocycles. The summed E-state index contributed by atoms with van der Waals surface area (Å²) in [5.74, 6) is -0.303. The van der Waals surface area contributed by atoms with E-state index in [9.17, 15) is 18.0 Å². The summed E-state index contributed by atoms with van der Waals surface area (Å²) in [5, 5.41) is 0. The minimum absolute atomic E-state index is 0.000846. The van der Waals surface area contributed by atoms with E-state index in [0.717, 1.165) is 12.3 Å². The Balaban J connectivity index is 2.34. The molecule has 7 nitrogen and oxygen atoms in total. The van der Waals surface area contributed by atoms with Crippen LogP contribution in [0.2, 0.25) is 0 Å². The number of ether oxygens (including phenoxy) is 2. The van der Waals surface area contributed by atoms with Crippen LogP contribution in [-0.4, -0.2) is 28.2 Å². The summed E-state index contributed by atoms with van der Waals surface area (Å²) in [5.41, 5.74) is 9.52. The van der Waals surface area contributed by atoms with Gasteiger partial charge in [-0.05, 0) is 31.4 Å². The van der Waals surface area contributed by atoms with Gasteiger partial charge in [-0.2, -0.15) is 13.2 Å². The zero-order valence-corrected chi connectivity index (χ0v) is 16.3. The van der Waals surface area contributed by atoms with Crippen LogP contribution in [0.15, 0.2) is 30.6 Å². The molecule has 2 aromatic rings. The number of nitrogens with zero attached hydrogens (tertiary/aromatic N) is 2. The first-order valence-corrected chi connectivity index (χ1v) is 8.80. The van der Waals surface area contributed by atoms with Crippen molar-refractivity contribution in [1.29, 1.82) is 0 Å². The molecule has 1 unspecified atom stereocenters. The Kier molecular flexibility index (Phi) is 6.68. The fourth-order valence-corrected chi connectivity index (χ4v) is 2.90. The summed E-state index contributed by atoms with van der Waals surface area (Å²) < 4.78 is 50.8. The van der Waals surface area contributed by atoms with Crippen LogP contribution in [0.1, 0.15) is 32.8 Å². The SMILES string of the molecule is CC(C)CC(C)(N)COc1cnc(-c2ccnc(OC(N)=O)c2)cc1C(F)(F)F. The third-order valence-corrected chi connectivity index (χ3v) is 3.84. The van der Waals surface area contributed by atoms with Crippen molar-refractivity contribution < 1.29 is 27.4 Å². The monoisotopic (exact) mass is 412 g/mol. The third kappa shape index (κ3) is 6.60. The van der Waals surface area contributed by atoms with Gasteiger partial charge in [0.05, 0.1) is 11.9 Å². The van der Waals surface area contributed by atoms with Gasteiger partial charge in [0.1, 0.15) is 17.9 Å². The Morgan fingerprint density at radius 2 is 1.93 bits per heavy atom. The van der Waals surface area contributed by atoms with Crippen LogP contribution in [0, 0.1) is 5.92 Å². The molecule has 0 aliphatic carbocycles. The summed E-state index contributed by atoms with van der Waals surface area (Å²) in [7, 11) is 0. The lowest BCUT2D eigenvalue weighted by molar-refractivity contribution is -0.139. The Morgan fingerprint density at radius 1 is 1.24 bits per heavy atom. The molecule has 0 spiro atoms. The van der Waals surface area contributed by atoms with E-state index in [1.54, 1.807) is 6.92 Å². The molecular formula is C19H23F3N4O3. The lowest BCUT2D eigenvalue weighted by Gasteiger charge is -2.27. The smallest absolute Gasteiger partial charge is 0.420 e. The van der Waals surface area contributed by atoms with Gasteiger partial charge < -0.3 is 20.9 Å². The zero-order chi connectivity index (χ0) is 21.8. The number of pyridine rings is 2. The average Bonchev–Trinajstić information content (AvgIpc) is 2.57. The van der Waals surface area contributed by atoms with Gasteiger partial charge in [0.2, 0.25) is 5.88 Å².